The summed E-state index contributed by atoms with van der Waals surface area (Å²) in [6.45, 7) is 4.41. The molecule has 1 aromatic rings. The number of carbonyl (C=O) groups is 1. The average molecular weight is 353 g/mol. The summed E-state index contributed by atoms with van der Waals surface area (Å²) in [5, 5.41) is 17.2. The van der Waals surface area contributed by atoms with Gasteiger partial charge in [0.15, 0.2) is 0 Å². The van der Waals surface area contributed by atoms with Crippen LogP contribution in [0.25, 0.3) is 0 Å². The summed E-state index contributed by atoms with van der Waals surface area (Å²) in [6.07, 6.45) is 5.08. The maximum Gasteiger partial charge on any atom is 0.328 e. The third kappa shape index (κ3) is 4.58. The first-order chi connectivity index (χ1) is 11.9. The Morgan fingerprint density at radius 3 is 2.60 bits per heavy atom. The molecule has 1 spiro atoms. The number of aryl methyl sites for hydroxylation is 1. The Hall–Kier alpha value is -1.93. The number of carboxylic acid groups (broad SMARTS) is 1. The van der Waals surface area contributed by atoms with Crippen molar-refractivity contribution in [2.24, 2.45) is 5.41 Å². The molecule has 2 aliphatic rings. The monoisotopic (exact) mass is 353 g/mol. The highest BCUT2D eigenvalue weighted by molar-refractivity contribution is 5.32. The molecule has 8 nitrogen and oxygen atoms in total. The highest BCUT2D eigenvalue weighted by Gasteiger charge is 2.44. The highest BCUT2D eigenvalue weighted by Crippen LogP contribution is 2.44. The number of piperidine rings is 1. The van der Waals surface area contributed by atoms with Crippen LogP contribution in [0.15, 0.2) is 15.7 Å². The number of aromatic nitrogens is 2. The molecule has 1 aliphatic heterocycles. The van der Waals surface area contributed by atoms with E-state index in [-0.39, 0.29) is 29.2 Å². The minimum absolute atomic E-state index is 0.0446. The van der Waals surface area contributed by atoms with Gasteiger partial charge in [-0.1, -0.05) is 6.42 Å². The molecule has 3 N–H and O–H groups in total. The van der Waals surface area contributed by atoms with Gasteiger partial charge in [-0.25, -0.2) is 4.79 Å². The number of hydrogen-bond donors (Lipinski definition) is 3. The van der Waals surface area contributed by atoms with Crippen LogP contribution in [0.4, 0.5) is 0 Å². The Bertz CT molecular complexity index is 667. The average Bonchev–Trinajstić information content (AvgIpc) is 2.87. The lowest BCUT2D eigenvalue weighted by molar-refractivity contribution is -0.122. The maximum absolute atomic E-state index is 11.9. The van der Waals surface area contributed by atoms with E-state index in [0.29, 0.717) is 18.8 Å². The maximum atomic E-state index is 11.9. The Kier molecular flexibility index (Phi) is 6.55. The summed E-state index contributed by atoms with van der Waals surface area (Å²) in [7, 11) is 0. The second-order valence-electron chi connectivity index (χ2n) is 7.00. The van der Waals surface area contributed by atoms with Crippen molar-refractivity contribution >= 4 is 6.47 Å². The van der Waals surface area contributed by atoms with E-state index in [1.54, 1.807) is 6.92 Å². The van der Waals surface area contributed by atoms with Crippen LogP contribution in [0, 0.1) is 12.3 Å². The molecule has 0 amide bonds. The molecule has 140 valence electrons. The third-order valence-corrected chi connectivity index (χ3v) is 5.34. The molecule has 2 fully saturated rings. The summed E-state index contributed by atoms with van der Waals surface area (Å²) in [6, 6.07) is 1.46. The molecule has 2 heterocycles. The van der Waals surface area contributed by atoms with Gasteiger partial charge in [0, 0.05) is 36.8 Å². The first-order valence-electron chi connectivity index (χ1n) is 8.71. The fourth-order valence-corrected chi connectivity index (χ4v) is 4.13. The van der Waals surface area contributed by atoms with E-state index in [2.05, 4.69) is 9.88 Å². The highest BCUT2D eigenvalue weighted by atomic mass is 16.3. The molecule has 8 heteroatoms. The number of nitrogens with zero attached hydrogens (tertiary/aromatic N) is 2. The molecule has 0 bridgehead atoms. The predicted molar refractivity (Wildman–Crippen MR) is 92.7 cm³/mol. The number of nitrogens with one attached hydrogen (secondary N) is 1. The fourth-order valence-electron chi connectivity index (χ4n) is 4.13. The van der Waals surface area contributed by atoms with Crippen LogP contribution in [0.5, 0.6) is 0 Å². The second kappa shape index (κ2) is 8.44. The van der Waals surface area contributed by atoms with Crippen molar-refractivity contribution < 1.29 is 15.0 Å². The first kappa shape index (κ1) is 19.4. The minimum atomic E-state index is -0.336. The van der Waals surface area contributed by atoms with Crippen LogP contribution < -0.4 is 11.2 Å². The van der Waals surface area contributed by atoms with Crippen molar-refractivity contribution in [2.45, 2.75) is 51.7 Å². The van der Waals surface area contributed by atoms with Gasteiger partial charge >= 0.3 is 5.69 Å². The number of aliphatic hydroxyl groups excluding tert-OH is 1. The molecule has 1 saturated carbocycles. The zero-order valence-corrected chi connectivity index (χ0v) is 14.6. The number of aliphatic hydroxyl groups is 1. The molecule has 1 aromatic heterocycles. The first-order valence-corrected chi connectivity index (χ1v) is 8.71. The van der Waals surface area contributed by atoms with E-state index < -0.39 is 0 Å². The van der Waals surface area contributed by atoms with Gasteiger partial charge in [-0.2, -0.15) is 0 Å². The molecule has 0 unspecified atom stereocenters. The quantitative estimate of drug-likeness (QED) is 0.667. The fraction of sp³-hybridized carbons (Fsp3) is 0.706. The van der Waals surface area contributed by atoms with Crippen molar-refractivity contribution in [1.82, 2.24) is 14.5 Å². The summed E-state index contributed by atoms with van der Waals surface area (Å²) in [5.74, 6) is 0. The van der Waals surface area contributed by atoms with Gasteiger partial charge in [0.1, 0.15) is 0 Å². The van der Waals surface area contributed by atoms with Gasteiger partial charge in [-0.05, 0) is 39.2 Å². The number of hydrogen-bond acceptors (Lipinski definition) is 5. The van der Waals surface area contributed by atoms with Crippen LogP contribution in [-0.4, -0.2) is 56.9 Å². The second-order valence-corrected chi connectivity index (χ2v) is 7.00. The molecule has 0 aromatic carbocycles. The van der Waals surface area contributed by atoms with Gasteiger partial charge in [-0.15, -0.1) is 0 Å². The number of likely N-dealkylation sites (tertiary alicyclic amines) is 1. The molecular formula is C17H27N3O5. The van der Waals surface area contributed by atoms with Crippen LogP contribution in [0.3, 0.4) is 0 Å². The Morgan fingerprint density at radius 1 is 1.32 bits per heavy atom. The van der Waals surface area contributed by atoms with Gasteiger partial charge in [0.05, 0.1) is 6.10 Å². The predicted octanol–water partition coefficient (Wildman–Crippen LogP) is 0.173. The number of aromatic amines is 1. The van der Waals surface area contributed by atoms with Crippen molar-refractivity contribution in [1.29, 1.82) is 0 Å². The Balaban J connectivity index is 0.000000701. The molecule has 2 atom stereocenters. The summed E-state index contributed by atoms with van der Waals surface area (Å²) < 4.78 is 1.26. The Morgan fingerprint density at radius 2 is 2.00 bits per heavy atom. The van der Waals surface area contributed by atoms with Gasteiger partial charge in [0.25, 0.3) is 12.0 Å². The van der Waals surface area contributed by atoms with Crippen LogP contribution in [-0.2, 0) is 11.3 Å². The SMILES string of the molecule is Cc1cc(=O)n(CCN2CCC[C@@]3(CCC[C@H]3O)C2)c(=O)[nH]1.O=CO. The number of rotatable bonds is 3. The summed E-state index contributed by atoms with van der Waals surface area (Å²) in [4.78, 5) is 37.1. The van der Waals surface area contributed by atoms with E-state index in [0.717, 1.165) is 45.2 Å². The van der Waals surface area contributed by atoms with Crippen molar-refractivity contribution in [3.8, 4) is 0 Å². The minimum Gasteiger partial charge on any atom is -0.483 e. The van der Waals surface area contributed by atoms with Crippen LogP contribution in [0.2, 0.25) is 0 Å². The molecule has 3 rings (SSSR count). The van der Waals surface area contributed by atoms with E-state index >= 15 is 0 Å². The van der Waals surface area contributed by atoms with Crippen LogP contribution >= 0.6 is 0 Å². The zero-order valence-electron chi connectivity index (χ0n) is 14.6. The summed E-state index contributed by atoms with van der Waals surface area (Å²) >= 11 is 0. The van der Waals surface area contributed by atoms with E-state index in [1.807, 2.05) is 0 Å². The van der Waals surface area contributed by atoms with Crippen molar-refractivity contribution in [3.05, 3.63) is 32.6 Å². The smallest absolute Gasteiger partial charge is 0.328 e. The standard InChI is InChI=1S/C16H25N3O3.CH2O2/c1-12-10-14(21)19(15(22)17-12)9-8-18-7-3-6-16(11-18)5-2-4-13(16)20;2-1-3/h10,13,20H,2-9,11H2,1H3,(H,17,22);1H,(H,2,3)/t13-,16+;/m1./s1. The summed E-state index contributed by atoms with van der Waals surface area (Å²) in [5.41, 5.74) is 0.0619. The molecule has 25 heavy (non-hydrogen) atoms. The van der Waals surface area contributed by atoms with Gasteiger partial charge < -0.3 is 20.1 Å². The van der Waals surface area contributed by atoms with Crippen molar-refractivity contribution in [2.75, 3.05) is 19.6 Å². The van der Waals surface area contributed by atoms with E-state index in [1.165, 1.54) is 10.6 Å². The van der Waals surface area contributed by atoms with E-state index in [4.69, 9.17) is 9.90 Å². The normalized spacial score (nSPS) is 26.2. The van der Waals surface area contributed by atoms with Gasteiger partial charge in [-0.3, -0.25) is 14.2 Å². The van der Waals surface area contributed by atoms with Gasteiger partial charge in [0.2, 0.25) is 0 Å². The third-order valence-electron chi connectivity index (χ3n) is 5.34. The largest absolute Gasteiger partial charge is 0.483 e. The lowest BCUT2D eigenvalue weighted by atomic mass is 9.77. The molecule has 1 aliphatic carbocycles. The van der Waals surface area contributed by atoms with Crippen LogP contribution in [0.1, 0.15) is 37.8 Å². The lowest BCUT2D eigenvalue weighted by Crippen LogP contribution is -2.49. The van der Waals surface area contributed by atoms with E-state index in [9.17, 15) is 14.7 Å². The Labute approximate surface area is 146 Å². The lowest BCUT2D eigenvalue weighted by Gasteiger charge is -2.42. The number of H-pyrrole nitrogens is 1. The molecule has 1 saturated heterocycles. The molecule has 0 radical (unpaired) electrons. The topological polar surface area (TPSA) is 116 Å². The van der Waals surface area contributed by atoms with Crippen molar-refractivity contribution in [3.63, 3.8) is 0 Å². The molecular weight excluding hydrogens is 326 g/mol. The zero-order chi connectivity index (χ0) is 18.4.